The monoisotopic (exact) mass is 327 g/mol. The Morgan fingerprint density at radius 3 is 2.24 bits per heavy atom. The van der Waals surface area contributed by atoms with Crippen LogP contribution in [-0.4, -0.2) is 13.4 Å². The molecule has 0 N–H and O–H groups in total. The van der Waals surface area contributed by atoms with Crippen molar-refractivity contribution in [1.29, 1.82) is 0 Å². The number of nitrogens with zero attached hydrogens (tertiary/aromatic N) is 1. The first-order valence-electron chi connectivity index (χ1n) is 6.58. The lowest BCUT2D eigenvalue weighted by Gasteiger charge is -2.14. The largest absolute Gasteiger partial charge is 0.444 e. The van der Waals surface area contributed by atoms with Crippen molar-refractivity contribution in [3.63, 3.8) is 0 Å². The van der Waals surface area contributed by atoms with Gasteiger partial charge in [-0.25, -0.2) is 13.4 Å². The second-order valence-electron chi connectivity index (χ2n) is 5.95. The normalized spacial score (nSPS) is 14.1. The maximum atomic E-state index is 12.6. The zero-order chi connectivity index (χ0) is 15.8. The zero-order valence-electron chi connectivity index (χ0n) is 12.4. The highest BCUT2D eigenvalue weighted by atomic mass is 35.5. The molecule has 0 fully saturated rings. The fourth-order valence-electron chi connectivity index (χ4n) is 1.78. The Balaban J connectivity index is 2.36. The van der Waals surface area contributed by atoms with Gasteiger partial charge < -0.3 is 4.42 Å². The highest BCUT2D eigenvalue weighted by Crippen LogP contribution is 2.31. The summed E-state index contributed by atoms with van der Waals surface area (Å²) in [7, 11) is -3.56. The molecule has 0 amide bonds. The number of rotatable bonds is 3. The van der Waals surface area contributed by atoms with Crippen molar-refractivity contribution >= 4 is 21.4 Å². The third-order valence-electron chi connectivity index (χ3n) is 3.22. The van der Waals surface area contributed by atoms with E-state index in [0.29, 0.717) is 10.8 Å². The number of benzene rings is 1. The molecule has 4 nitrogen and oxygen atoms in total. The van der Waals surface area contributed by atoms with Gasteiger partial charge in [-0.15, -0.1) is 0 Å². The van der Waals surface area contributed by atoms with Gasteiger partial charge >= 0.3 is 0 Å². The Morgan fingerprint density at radius 2 is 1.76 bits per heavy atom. The number of oxazole rings is 1. The maximum Gasteiger partial charge on any atom is 0.212 e. The predicted octanol–water partition coefficient (Wildman–Crippen LogP) is 4.16. The van der Waals surface area contributed by atoms with E-state index in [0.717, 1.165) is 0 Å². The summed E-state index contributed by atoms with van der Waals surface area (Å²) in [5.41, 5.74) is -0.213. The summed E-state index contributed by atoms with van der Waals surface area (Å²) in [5, 5.41) is -0.359. The number of halogens is 1. The van der Waals surface area contributed by atoms with E-state index < -0.39 is 15.1 Å². The van der Waals surface area contributed by atoms with Crippen LogP contribution in [0.4, 0.5) is 0 Å². The van der Waals surface area contributed by atoms with Gasteiger partial charge in [0.2, 0.25) is 5.89 Å². The Kier molecular flexibility index (Phi) is 4.17. The molecule has 0 aliphatic rings. The summed E-state index contributed by atoms with van der Waals surface area (Å²) in [4.78, 5) is 4.32. The molecule has 0 radical (unpaired) electrons. The van der Waals surface area contributed by atoms with E-state index in [2.05, 4.69) is 4.98 Å². The summed E-state index contributed by atoms with van der Waals surface area (Å²) < 4.78 is 30.7. The van der Waals surface area contributed by atoms with Crippen molar-refractivity contribution in [2.75, 3.05) is 0 Å². The second kappa shape index (κ2) is 5.46. The topological polar surface area (TPSA) is 60.2 Å². The molecular formula is C15H18ClNO3S. The lowest BCUT2D eigenvalue weighted by atomic mass is 9.94. The van der Waals surface area contributed by atoms with Crippen LogP contribution in [0.5, 0.6) is 0 Å². The maximum absolute atomic E-state index is 12.6. The summed E-state index contributed by atoms with van der Waals surface area (Å²) in [6, 6.07) is 6.08. The smallest absolute Gasteiger partial charge is 0.212 e. The molecule has 1 aromatic heterocycles. The van der Waals surface area contributed by atoms with Crippen LogP contribution in [0.15, 0.2) is 39.8 Å². The van der Waals surface area contributed by atoms with Gasteiger partial charge in [0.15, 0.2) is 9.84 Å². The molecule has 0 aliphatic carbocycles. The average molecular weight is 328 g/mol. The zero-order valence-corrected chi connectivity index (χ0v) is 14.0. The Bertz CT molecular complexity index is 727. The number of sulfone groups is 1. The molecule has 0 saturated carbocycles. The minimum atomic E-state index is -3.56. The van der Waals surface area contributed by atoms with Gasteiger partial charge in [0.25, 0.3) is 0 Å². The fourth-order valence-corrected chi connectivity index (χ4v) is 3.21. The minimum Gasteiger partial charge on any atom is -0.444 e. The minimum absolute atomic E-state index is 0.204. The van der Waals surface area contributed by atoms with Crippen molar-refractivity contribution in [2.24, 2.45) is 0 Å². The van der Waals surface area contributed by atoms with Crippen molar-refractivity contribution in [3.8, 4) is 0 Å². The SMILES string of the molecule is CC(c1ncc(C(C)(C)C)o1)S(=O)(=O)c1ccc(Cl)cc1. The van der Waals surface area contributed by atoms with Crippen LogP contribution in [-0.2, 0) is 15.3 Å². The van der Waals surface area contributed by atoms with Gasteiger partial charge in [-0.05, 0) is 31.2 Å². The number of hydrogen-bond donors (Lipinski definition) is 0. The van der Waals surface area contributed by atoms with E-state index in [1.807, 2.05) is 20.8 Å². The van der Waals surface area contributed by atoms with Gasteiger partial charge in [0.05, 0.1) is 11.1 Å². The van der Waals surface area contributed by atoms with Crippen LogP contribution >= 0.6 is 11.6 Å². The molecule has 1 atom stereocenters. The van der Waals surface area contributed by atoms with Crippen LogP contribution in [0.1, 0.15) is 44.6 Å². The Labute approximate surface area is 130 Å². The van der Waals surface area contributed by atoms with Crippen LogP contribution in [0, 0.1) is 0 Å². The van der Waals surface area contributed by atoms with E-state index in [9.17, 15) is 8.42 Å². The third kappa shape index (κ3) is 3.30. The summed E-state index contributed by atoms with van der Waals surface area (Å²) >= 11 is 5.79. The number of aromatic nitrogens is 1. The van der Waals surface area contributed by atoms with E-state index in [4.69, 9.17) is 16.0 Å². The van der Waals surface area contributed by atoms with Crippen molar-refractivity contribution < 1.29 is 12.8 Å². The van der Waals surface area contributed by atoms with Gasteiger partial charge in [0, 0.05) is 10.4 Å². The first kappa shape index (κ1) is 16.0. The second-order valence-corrected chi connectivity index (χ2v) is 8.66. The lowest BCUT2D eigenvalue weighted by molar-refractivity contribution is 0.380. The van der Waals surface area contributed by atoms with Crippen molar-refractivity contribution in [3.05, 3.63) is 47.1 Å². The van der Waals surface area contributed by atoms with Gasteiger partial charge in [-0.2, -0.15) is 0 Å². The summed E-state index contributed by atoms with van der Waals surface area (Å²) in [5.74, 6) is 0.866. The third-order valence-corrected chi connectivity index (χ3v) is 5.53. The molecule has 1 aromatic carbocycles. The highest BCUT2D eigenvalue weighted by molar-refractivity contribution is 7.91. The summed E-state index contributed by atoms with van der Waals surface area (Å²) in [6.45, 7) is 7.52. The average Bonchev–Trinajstić information content (AvgIpc) is 2.87. The Hall–Kier alpha value is -1.33. The van der Waals surface area contributed by atoms with Crippen LogP contribution < -0.4 is 0 Å². The van der Waals surface area contributed by atoms with Crippen molar-refractivity contribution in [2.45, 2.75) is 43.3 Å². The highest BCUT2D eigenvalue weighted by Gasteiger charge is 2.30. The molecule has 0 bridgehead atoms. The molecule has 1 heterocycles. The summed E-state index contributed by atoms with van der Waals surface area (Å²) in [6.07, 6.45) is 1.59. The molecule has 0 aliphatic heterocycles. The lowest BCUT2D eigenvalue weighted by Crippen LogP contribution is -2.12. The van der Waals surface area contributed by atoms with E-state index in [1.54, 1.807) is 25.3 Å². The quantitative estimate of drug-likeness (QED) is 0.849. The molecule has 114 valence electrons. The number of hydrogen-bond acceptors (Lipinski definition) is 4. The Morgan fingerprint density at radius 1 is 1.19 bits per heavy atom. The standard InChI is InChI=1S/C15H18ClNO3S/c1-10(14-17-9-13(20-14)15(2,3)4)21(18,19)12-7-5-11(16)6-8-12/h5-10H,1-4H3. The van der Waals surface area contributed by atoms with Gasteiger partial charge in [-0.3, -0.25) is 0 Å². The van der Waals surface area contributed by atoms with Gasteiger partial charge in [0.1, 0.15) is 11.0 Å². The first-order valence-corrected chi connectivity index (χ1v) is 8.50. The van der Waals surface area contributed by atoms with E-state index >= 15 is 0 Å². The molecule has 0 saturated heterocycles. The van der Waals surface area contributed by atoms with Crippen LogP contribution in [0.3, 0.4) is 0 Å². The fraction of sp³-hybridized carbons (Fsp3) is 0.400. The van der Waals surface area contributed by atoms with E-state index in [-0.39, 0.29) is 16.2 Å². The molecule has 2 rings (SSSR count). The molecule has 1 unspecified atom stereocenters. The molecule has 21 heavy (non-hydrogen) atoms. The first-order chi connectivity index (χ1) is 9.62. The van der Waals surface area contributed by atoms with Crippen molar-refractivity contribution in [1.82, 2.24) is 4.98 Å². The van der Waals surface area contributed by atoms with Crippen LogP contribution in [0.2, 0.25) is 5.02 Å². The molecule has 6 heteroatoms. The molecule has 2 aromatic rings. The van der Waals surface area contributed by atoms with Gasteiger partial charge in [-0.1, -0.05) is 32.4 Å². The van der Waals surface area contributed by atoms with E-state index in [1.165, 1.54) is 12.1 Å². The van der Waals surface area contributed by atoms with Crippen LogP contribution in [0.25, 0.3) is 0 Å². The molecular weight excluding hydrogens is 310 g/mol. The molecule has 0 spiro atoms. The predicted molar refractivity (Wildman–Crippen MR) is 82.3 cm³/mol.